The number of pyridine rings is 1. The molecule has 0 aliphatic carbocycles. The van der Waals surface area contributed by atoms with Gasteiger partial charge in [-0.05, 0) is 35.8 Å². The van der Waals surface area contributed by atoms with E-state index in [1.165, 1.54) is 38.5 Å². The van der Waals surface area contributed by atoms with E-state index >= 15 is 0 Å². The summed E-state index contributed by atoms with van der Waals surface area (Å²) in [5.41, 5.74) is 6.70. The fourth-order valence-corrected chi connectivity index (χ4v) is 5.62. The van der Waals surface area contributed by atoms with Crippen molar-refractivity contribution in [3.63, 3.8) is 0 Å². The molecular formula is C25H28N2. The van der Waals surface area contributed by atoms with Crippen LogP contribution in [0.3, 0.4) is 0 Å². The minimum Gasteiger partial charge on any atom is -0.295 e. The van der Waals surface area contributed by atoms with Gasteiger partial charge in [0.15, 0.2) is 0 Å². The highest BCUT2D eigenvalue weighted by molar-refractivity contribution is 6.14. The van der Waals surface area contributed by atoms with Crippen LogP contribution in [0.5, 0.6) is 0 Å². The second kappa shape index (κ2) is 5.13. The van der Waals surface area contributed by atoms with Crippen LogP contribution in [0.4, 0.5) is 0 Å². The monoisotopic (exact) mass is 356 g/mol. The Hall–Kier alpha value is -2.35. The zero-order valence-corrected chi connectivity index (χ0v) is 17.2. The van der Waals surface area contributed by atoms with E-state index < -0.39 is 0 Å². The maximum atomic E-state index is 4.96. The lowest BCUT2D eigenvalue weighted by Crippen LogP contribution is -2.47. The van der Waals surface area contributed by atoms with E-state index in [1.54, 1.807) is 0 Å². The lowest BCUT2D eigenvalue weighted by molar-refractivity contribution is 0.218. The first-order valence-electron chi connectivity index (χ1n) is 10.1. The molecule has 27 heavy (non-hydrogen) atoms. The molecule has 0 saturated heterocycles. The summed E-state index contributed by atoms with van der Waals surface area (Å²) in [7, 11) is 0. The van der Waals surface area contributed by atoms with Gasteiger partial charge in [0.1, 0.15) is 5.65 Å². The van der Waals surface area contributed by atoms with Crippen molar-refractivity contribution < 1.29 is 0 Å². The second-order valence-corrected chi connectivity index (χ2v) is 9.56. The van der Waals surface area contributed by atoms with Crippen molar-refractivity contribution in [1.29, 1.82) is 0 Å². The summed E-state index contributed by atoms with van der Waals surface area (Å²) in [5.74, 6) is 0.628. The molecule has 5 rings (SSSR count). The van der Waals surface area contributed by atoms with Gasteiger partial charge in [-0.25, -0.2) is 4.98 Å². The molecule has 0 amide bonds. The number of imidazole rings is 1. The van der Waals surface area contributed by atoms with Gasteiger partial charge in [-0.15, -0.1) is 0 Å². The molecule has 0 fully saturated rings. The predicted octanol–water partition coefficient (Wildman–Crippen LogP) is 6.54. The molecule has 1 unspecified atom stereocenters. The number of nitrogens with zero attached hydrogens (tertiary/aromatic N) is 2. The van der Waals surface area contributed by atoms with Crippen LogP contribution in [0.2, 0.25) is 0 Å². The molecule has 2 aromatic carbocycles. The van der Waals surface area contributed by atoms with Crippen molar-refractivity contribution in [3.05, 3.63) is 59.4 Å². The van der Waals surface area contributed by atoms with Crippen molar-refractivity contribution in [1.82, 2.24) is 9.38 Å². The first-order chi connectivity index (χ1) is 12.8. The molecule has 2 heteroatoms. The molecular weight excluding hydrogens is 328 g/mol. The number of benzene rings is 2. The van der Waals surface area contributed by atoms with Gasteiger partial charge in [-0.1, -0.05) is 71.0 Å². The van der Waals surface area contributed by atoms with Gasteiger partial charge in [0.05, 0.1) is 5.52 Å². The van der Waals surface area contributed by atoms with Gasteiger partial charge in [0.25, 0.3) is 0 Å². The standard InChI is InChI=1S/C25H28N2/c1-15(2)13-25(6)20-14-26-23-18-10-8-7-9-17(18)21-16(3)11-12-19(24(25,4)5)22(21)27(20)23/h7-12,14-15H,13H2,1-6H3. The smallest absolute Gasteiger partial charge is 0.145 e. The lowest BCUT2D eigenvalue weighted by Gasteiger charge is -2.49. The molecule has 1 aliphatic heterocycles. The zero-order chi connectivity index (χ0) is 19.1. The minimum atomic E-state index is 0.0363. The van der Waals surface area contributed by atoms with Crippen molar-refractivity contribution >= 4 is 27.3 Å². The van der Waals surface area contributed by atoms with Crippen molar-refractivity contribution in [2.24, 2.45) is 5.92 Å². The third-order valence-electron chi connectivity index (χ3n) is 7.24. The first kappa shape index (κ1) is 16.8. The molecule has 0 saturated carbocycles. The number of aromatic nitrogens is 2. The number of fused-ring (bicyclic) bond motifs is 3. The van der Waals surface area contributed by atoms with Crippen LogP contribution in [-0.4, -0.2) is 9.38 Å². The van der Waals surface area contributed by atoms with Crippen LogP contribution in [0, 0.1) is 12.8 Å². The molecule has 138 valence electrons. The highest BCUT2D eigenvalue weighted by Gasteiger charge is 2.49. The average molecular weight is 357 g/mol. The van der Waals surface area contributed by atoms with Gasteiger partial charge in [0, 0.05) is 33.5 Å². The maximum Gasteiger partial charge on any atom is 0.145 e. The van der Waals surface area contributed by atoms with Crippen molar-refractivity contribution in [3.8, 4) is 0 Å². The molecule has 1 aliphatic rings. The van der Waals surface area contributed by atoms with Crippen LogP contribution in [0.1, 0.15) is 57.9 Å². The summed E-state index contributed by atoms with van der Waals surface area (Å²) in [4.78, 5) is 4.96. The lowest BCUT2D eigenvalue weighted by atomic mass is 9.57. The van der Waals surface area contributed by atoms with Crippen molar-refractivity contribution in [2.75, 3.05) is 0 Å². The van der Waals surface area contributed by atoms with Crippen LogP contribution in [-0.2, 0) is 10.8 Å². The van der Waals surface area contributed by atoms with E-state index in [9.17, 15) is 0 Å². The Morgan fingerprint density at radius 2 is 1.70 bits per heavy atom. The molecule has 0 spiro atoms. The number of hydrogen-bond acceptors (Lipinski definition) is 1. The van der Waals surface area contributed by atoms with Gasteiger partial charge in [0.2, 0.25) is 0 Å². The van der Waals surface area contributed by atoms with Crippen LogP contribution in [0.15, 0.2) is 42.6 Å². The summed E-state index contributed by atoms with van der Waals surface area (Å²) in [5, 5.41) is 3.96. The summed E-state index contributed by atoms with van der Waals surface area (Å²) in [6.07, 6.45) is 3.30. The van der Waals surface area contributed by atoms with Crippen LogP contribution in [0.25, 0.3) is 27.3 Å². The van der Waals surface area contributed by atoms with Gasteiger partial charge >= 0.3 is 0 Å². The van der Waals surface area contributed by atoms with E-state index in [0.29, 0.717) is 5.92 Å². The first-order valence-corrected chi connectivity index (χ1v) is 10.1. The Morgan fingerprint density at radius 3 is 2.41 bits per heavy atom. The average Bonchev–Trinajstić information content (AvgIpc) is 3.06. The quantitative estimate of drug-likeness (QED) is 0.373. The molecule has 2 nitrogen and oxygen atoms in total. The summed E-state index contributed by atoms with van der Waals surface area (Å²) >= 11 is 0. The van der Waals surface area contributed by atoms with E-state index in [4.69, 9.17) is 4.98 Å². The molecule has 1 atom stereocenters. The summed E-state index contributed by atoms with van der Waals surface area (Å²) in [6, 6.07) is 13.4. The van der Waals surface area contributed by atoms with Gasteiger partial charge in [-0.2, -0.15) is 0 Å². The molecule has 0 bridgehead atoms. The minimum absolute atomic E-state index is 0.0363. The fraction of sp³-hybridized carbons (Fsp3) is 0.400. The topological polar surface area (TPSA) is 17.3 Å². The number of hydrogen-bond donors (Lipinski definition) is 0. The Bertz CT molecular complexity index is 1230. The normalized spacial score (nSPS) is 21.1. The summed E-state index contributed by atoms with van der Waals surface area (Å²) in [6.45, 7) is 14.2. The second-order valence-electron chi connectivity index (χ2n) is 9.56. The van der Waals surface area contributed by atoms with Gasteiger partial charge in [-0.3, -0.25) is 4.40 Å². The molecule has 2 aromatic heterocycles. The Labute approximate surface area is 161 Å². The van der Waals surface area contributed by atoms with Crippen molar-refractivity contribution in [2.45, 2.75) is 58.8 Å². The largest absolute Gasteiger partial charge is 0.295 e. The fourth-order valence-electron chi connectivity index (χ4n) is 5.62. The summed E-state index contributed by atoms with van der Waals surface area (Å²) < 4.78 is 2.48. The van der Waals surface area contributed by atoms with E-state index in [0.717, 1.165) is 12.1 Å². The van der Waals surface area contributed by atoms with Gasteiger partial charge < -0.3 is 0 Å². The molecule has 4 aromatic rings. The Morgan fingerprint density at radius 1 is 1.00 bits per heavy atom. The van der Waals surface area contributed by atoms with E-state index in [1.807, 2.05) is 0 Å². The maximum absolute atomic E-state index is 4.96. The van der Waals surface area contributed by atoms with Crippen LogP contribution < -0.4 is 0 Å². The molecule has 0 N–H and O–H groups in total. The highest BCUT2D eigenvalue weighted by Crippen LogP contribution is 2.54. The highest BCUT2D eigenvalue weighted by atomic mass is 15.0. The third kappa shape index (κ3) is 1.89. The molecule has 3 heterocycles. The Kier molecular flexibility index (Phi) is 3.19. The SMILES string of the molecule is Cc1ccc2c3c1c1ccccc1c1ncc(n13)C(C)(CC(C)C)C2(C)C. The third-order valence-corrected chi connectivity index (χ3v) is 7.24. The zero-order valence-electron chi connectivity index (χ0n) is 17.2. The van der Waals surface area contributed by atoms with Crippen LogP contribution >= 0.6 is 0 Å². The molecule has 0 radical (unpaired) electrons. The number of aryl methyl sites for hydroxylation is 1. The van der Waals surface area contributed by atoms with E-state index in [2.05, 4.69) is 88.5 Å². The number of rotatable bonds is 2. The Balaban J connectivity index is 2.10. The van der Waals surface area contributed by atoms with E-state index in [-0.39, 0.29) is 10.8 Å². The predicted molar refractivity (Wildman–Crippen MR) is 115 cm³/mol.